The number of nitrogens with zero attached hydrogens (tertiary/aromatic N) is 3. The molecule has 0 aromatic heterocycles. The molecule has 2 aliphatic heterocycles. The van der Waals surface area contributed by atoms with Gasteiger partial charge in [0.05, 0.1) is 12.0 Å². The Kier molecular flexibility index (Phi) is 6.67. The lowest BCUT2D eigenvalue weighted by atomic mass is 10.1. The van der Waals surface area contributed by atoms with Gasteiger partial charge in [0.15, 0.2) is 11.3 Å². The quantitative estimate of drug-likeness (QED) is 0.612. The van der Waals surface area contributed by atoms with Crippen LogP contribution in [0.2, 0.25) is 0 Å². The fraction of sp³-hybridized carbons (Fsp3) is 0.348. The van der Waals surface area contributed by atoms with Crippen LogP contribution < -0.4 is 20.6 Å². The minimum atomic E-state index is -0.425. The highest BCUT2D eigenvalue weighted by molar-refractivity contribution is 9.10. The lowest BCUT2D eigenvalue weighted by molar-refractivity contribution is -0.116. The third-order valence-corrected chi connectivity index (χ3v) is 6.55. The molecule has 0 saturated carbocycles. The zero-order valence-corrected chi connectivity index (χ0v) is 20.2. The van der Waals surface area contributed by atoms with Gasteiger partial charge in [-0.3, -0.25) is 15.1 Å². The number of amides is 1. The number of amidine groups is 1. The number of aryl methyl sites for hydroxylation is 1. The summed E-state index contributed by atoms with van der Waals surface area (Å²) >= 11 is 5.08. The van der Waals surface area contributed by atoms with Gasteiger partial charge in [-0.25, -0.2) is 5.01 Å². The molecule has 0 bridgehead atoms. The molecular formula is C23H25BrN4O2S. The van der Waals surface area contributed by atoms with E-state index < -0.39 is 6.17 Å². The third-order valence-electron chi connectivity index (χ3n) is 5.10. The number of carbonyl (C=O) groups excluding carboxylic acids is 1. The second kappa shape index (κ2) is 9.44. The molecule has 2 aliphatic rings. The number of rotatable bonds is 6. The number of unbranched alkanes of at least 4 members (excludes halogenated alkanes) is 1. The molecule has 2 heterocycles. The summed E-state index contributed by atoms with van der Waals surface area (Å²) in [6.45, 7) is 6.75. The lowest BCUT2D eigenvalue weighted by Crippen LogP contribution is -2.50. The predicted octanol–water partition coefficient (Wildman–Crippen LogP) is 3.83. The Bertz CT molecular complexity index is 1160. The SMILES string of the molecule is CCCCSC1=NN2C(=c3cc(Br)ccc3=NC2c2ccc(OCC)c(C)c2)C(=O)N1. The van der Waals surface area contributed by atoms with E-state index in [1.165, 1.54) is 0 Å². The minimum absolute atomic E-state index is 0.157. The number of hydrazone groups is 1. The highest BCUT2D eigenvalue weighted by Crippen LogP contribution is 2.33. The van der Waals surface area contributed by atoms with Gasteiger partial charge < -0.3 is 4.74 Å². The van der Waals surface area contributed by atoms with Gasteiger partial charge in [-0.05, 0) is 61.7 Å². The van der Waals surface area contributed by atoms with Gasteiger partial charge in [0.25, 0.3) is 5.91 Å². The van der Waals surface area contributed by atoms with Gasteiger partial charge in [0, 0.05) is 15.4 Å². The first-order chi connectivity index (χ1) is 15.0. The molecule has 8 heteroatoms. The summed E-state index contributed by atoms with van der Waals surface area (Å²) in [5.74, 6) is 1.60. The van der Waals surface area contributed by atoms with Crippen LogP contribution in [0.15, 0.2) is 51.0 Å². The van der Waals surface area contributed by atoms with Gasteiger partial charge in [-0.15, -0.1) is 5.10 Å². The normalized spacial score (nSPS) is 17.4. The van der Waals surface area contributed by atoms with Crippen molar-refractivity contribution in [2.24, 2.45) is 10.1 Å². The molecule has 4 rings (SSSR count). The molecule has 0 fully saturated rings. The highest BCUT2D eigenvalue weighted by Gasteiger charge is 2.34. The summed E-state index contributed by atoms with van der Waals surface area (Å²) < 4.78 is 6.59. The van der Waals surface area contributed by atoms with Crippen LogP contribution in [0.5, 0.6) is 5.75 Å². The molecule has 0 spiro atoms. The van der Waals surface area contributed by atoms with Crippen molar-refractivity contribution in [1.82, 2.24) is 10.3 Å². The van der Waals surface area contributed by atoms with Gasteiger partial charge in [0.1, 0.15) is 11.4 Å². The Labute approximate surface area is 194 Å². The van der Waals surface area contributed by atoms with E-state index in [4.69, 9.17) is 14.8 Å². The molecule has 162 valence electrons. The molecule has 31 heavy (non-hydrogen) atoms. The summed E-state index contributed by atoms with van der Waals surface area (Å²) in [5, 5.41) is 11.7. The first-order valence-electron chi connectivity index (χ1n) is 10.4. The Morgan fingerprint density at radius 2 is 2.06 bits per heavy atom. The van der Waals surface area contributed by atoms with Crippen LogP contribution in [0.25, 0.3) is 5.70 Å². The van der Waals surface area contributed by atoms with E-state index in [1.807, 2.05) is 44.2 Å². The molecule has 1 amide bonds. The van der Waals surface area contributed by atoms with E-state index in [9.17, 15) is 4.79 Å². The number of halogens is 1. The summed E-state index contributed by atoms with van der Waals surface area (Å²) in [6, 6.07) is 11.8. The number of thioether (sulfide) groups is 1. The zero-order chi connectivity index (χ0) is 22.0. The number of ether oxygens (including phenoxy) is 1. The van der Waals surface area contributed by atoms with Gasteiger partial charge in [0.2, 0.25) is 0 Å². The van der Waals surface area contributed by atoms with Gasteiger partial charge in [-0.2, -0.15) is 0 Å². The highest BCUT2D eigenvalue weighted by atomic mass is 79.9. The van der Waals surface area contributed by atoms with E-state index in [0.717, 1.165) is 50.5 Å². The Morgan fingerprint density at radius 1 is 1.23 bits per heavy atom. The predicted molar refractivity (Wildman–Crippen MR) is 128 cm³/mol. The number of nitrogens with one attached hydrogen (secondary N) is 1. The van der Waals surface area contributed by atoms with E-state index >= 15 is 0 Å². The summed E-state index contributed by atoms with van der Waals surface area (Å²) in [6.07, 6.45) is 1.74. The van der Waals surface area contributed by atoms with Crippen molar-refractivity contribution in [3.63, 3.8) is 0 Å². The van der Waals surface area contributed by atoms with Crippen molar-refractivity contribution in [3.05, 3.63) is 62.6 Å². The Morgan fingerprint density at radius 3 is 2.81 bits per heavy atom. The van der Waals surface area contributed by atoms with Crippen LogP contribution in [-0.2, 0) is 4.79 Å². The van der Waals surface area contributed by atoms with Crippen LogP contribution in [0.3, 0.4) is 0 Å². The molecular weight excluding hydrogens is 476 g/mol. The number of benzene rings is 2. The van der Waals surface area contributed by atoms with Crippen molar-refractivity contribution < 1.29 is 9.53 Å². The number of fused-ring (bicyclic) bond motifs is 2. The maximum absolute atomic E-state index is 13.2. The van der Waals surface area contributed by atoms with Crippen molar-refractivity contribution in [2.75, 3.05) is 12.4 Å². The first kappa shape index (κ1) is 21.9. The van der Waals surface area contributed by atoms with Crippen LogP contribution in [0.1, 0.15) is 44.0 Å². The van der Waals surface area contributed by atoms with Crippen molar-refractivity contribution in [3.8, 4) is 5.75 Å². The number of hydrogen-bond acceptors (Lipinski definition) is 6. The van der Waals surface area contributed by atoms with Crippen molar-refractivity contribution in [2.45, 2.75) is 39.8 Å². The first-order valence-corrected chi connectivity index (χ1v) is 12.2. The van der Waals surface area contributed by atoms with Crippen LogP contribution >= 0.6 is 27.7 Å². The largest absolute Gasteiger partial charge is 0.494 e. The fourth-order valence-corrected chi connectivity index (χ4v) is 4.90. The molecule has 1 atom stereocenters. The summed E-state index contributed by atoms with van der Waals surface area (Å²) in [4.78, 5) is 18.1. The van der Waals surface area contributed by atoms with Crippen molar-refractivity contribution >= 4 is 44.5 Å². The Balaban J connectivity index is 1.83. The van der Waals surface area contributed by atoms with Crippen LogP contribution in [0.4, 0.5) is 0 Å². The molecule has 2 aromatic rings. The molecule has 6 nitrogen and oxygen atoms in total. The lowest BCUT2D eigenvalue weighted by Gasteiger charge is -2.34. The van der Waals surface area contributed by atoms with Gasteiger partial charge in [-0.1, -0.05) is 47.1 Å². The van der Waals surface area contributed by atoms with E-state index in [1.54, 1.807) is 16.8 Å². The molecule has 2 aromatic carbocycles. The average molecular weight is 501 g/mol. The maximum atomic E-state index is 13.2. The standard InChI is InChI=1S/C23H25BrN4O2S/c1-4-6-11-31-23-26-22(29)20-17-13-16(24)8-9-18(17)25-21(28(20)27-23)15-7-10-19(30-5-2)14(3)12-15/h7-10,12-13,21H,4-6,11H2,1-3H3,(H,26,27,29). The van der Waals surface area contributed by atoms with Crippen molar-refractivity contribution in [1.29, 1.82) is 0 Å². The molecule has 1 N–H and O–H groups in total. The monoisotopic (exact) mass is 500 g/mol. The number of hydrogen-bond donors (Lipinski definition) is 1. The van der Waals surface area contributed by atoms with E-state index in [2.05, 4.69) is 34.2 Å². The van der Waals surface area contributed by atoms with Crippen LogP contribution in [-0.4, -0.2) is 28.4 Å². The summed E-state index contributed by atoms with van der Waals surface area (Å²) in [5.41, 5.74) is 2.51. The molecule has 1 unspecified atom stereocenters. The Hall–Kier alpha value is -2.32. The minimum Gasteiger partial charge on any atom is -0.494 e. The second-order valence-corrected chi connectivity index (χ2v) is 9.38. The maximum Gasteiger partial charge on any atom is 0.276 e. The summed E-state index contributed by atoms with van der Waals surface area (Å²) in [7, 11) is 0. The second-order valence-electron chi connectivity index (χ2n) is 7.38. The van der Waals surface area contributed by atoms with E-state index in [-0.39, 0.29) is 5.91 Å². The van der Waals surface area contributed by atoms with Gasteiger partial charge >= 0.3 is 0 Å². The number of carbonyl (C=O) groups is 1. The molecule has 0 aliphatic carbocycles. The third kappa shape index (κ3) is 4.50. The smallest absolute Gasteiger partial charge is 0.276 e. The fourth-order valence-electron chi connectivity index (χ4n) is 3.60. The zero-order valence-electron chi connectivity index (χ0n) is 17.8. The topological polar surface area (TPSA) is 66.3 Å². The molecule has 0 saturated heterocycles. The average Bonchev–Trinajstić information content (AvgIpc) is 2.75. The molecule has 0 radical (unpaired) electrons. The van der Waals surface area contributed by atoms with E-state index in [0.29, 0.717) is 17.5 Å². The van der Waals surface area contributed by atoms with Crippen LogP contribution in [0, 0.1) is 6.92 Å².